The second-order valence-corrected chi connectivity index (χ2v) is 34.6. The minimum Gasteiger partial charge on any atom is -0.310 e. The van der Waals surface area contributed by atoms with Crippen LogP contribution in [0.3, 0.4) is 0 Å². The zero-order valence-corrected chi connectivity index (χ0v) is 63.1. The van der Waals surface area contributed by atoms with E-state index in [0.29, 0.717) is 0 Å². The van der Waals surface area contributed by atoms with E-state index in [1.807, 2.05) is 0 Å². The largest absolute Gasteiger partial charge is 0.310 e. The highest BCUT2D eigenvalue weighted by Crippen LogP contribution is 2.56. The Bertz CT molecular complexity index is 5680. The summed E-state index contributed by atoms with van der Waals surface area (Å²) in [5, 5.41) is 7.45. The molecule has 4 heteroatoms. The molecule has 0 bridgehead atoms. The standard InChI is InChI=1S/C100H92BN3/c1-96(2,3)70-45-50-86-82(54-70)83-55-71(97(4,5)6)46-51-87(83)102(86)75-47-49-85-89(62-75)104(95-80(65-36-24-18-25-37-65)58-73(99(10,11)12)59-81(95)66-38-26-19-27-39-66)91-61-74(100(13,14)15)60-90-93(91)101(85)84-48-44-69(92-76-42-30-28-40-67(76)52-68-41-29-31-43-77(68)92)53-88(84)103(90)94-78(63-32-20-16-21-33-63)56-72(98(7,8)9)57-79(94)64-34-22-17-23-35-64/h16-62H,1-15H3. The van der Waals surface area contributed by atoms with Gasteiger partial charge in [-0.3, -0.25) is 0 Å². The van der Waals surface area contributed by atoms with Crippen LogP contribution in [-0.2, 0) is 27.1 Å². The predicted octanol–water partition coefficient (Wildman–Crippen LogP) is 26.0. The van der Waals surface area contributed by atoms with Crippen LogP contribution in [-0.4, -0.2) is 11.3 Å². The summed E-state index contributed by atoms with van der Waals surface area (Å²) in [5.74, 6) is 0. The summed E-state index contributed by atoms with van der Waals surface area (Å²) in [6, 6.07) is 110. The molecule has 2 aliphatic heterocycles. The Morgan fingerprint density at radius 3 is 0.981 bits per heavy atom. The van der Waals surface area contributed by atoms with Crippen molar-refractivity contribution in [1.29, 1.82) is 0 Å². The van der Waals surface area contributed by atoms with Gasteiger partial charge in [-0.2, -0.15) is 0 Å². The fraction of sp³-hybridized carbons (Fsp3) is 0.200. The maximum atomic E-state index is 2.75. The van der Waals surface area contributed by atoms with Crippen molar-refractivity contribution in [3.05, 3.63) is 313 Å². The van der Waals surface area contributed by atoms with Crippen LogP contribution in [0.1, 0.15) is 132 Å². The van der Waals surface area contributed by atoms with E-state index in [4.69, 9.17) is 0 Å². The van der Waals surface area contributed by atoms with Crippen molar-refractivity contribution in [3.63, 3.8) is 0 Å². The van der Waals surface area contributed by atoms with Crippen molar-refractivity contribution < 1.29 is 0 Å². The van der Waals surface area contributed by atoms with Crippen LogP contribution in [0.15, 0.2) is 285 Å². The Morgan fingerprint density at radius 2 is 0.596 bits per heavy atom. The van der Waals surface area contributed by atoms with Gasteiger partial charge in [0.15, 0.2) is 0 Å². The third-order valence-corrected chi connectivity index (χ3v) is 22.5. The predicted molar refractivity (Wildman–Crippen MR) is 450 cm³/mol. The number of rotatable bonds is 8. The molecule has 3 nitrogen and oxygen atoms in total. The van der Waals surface area contributed by atoms with Crippen molar-refractivity contribution in [2.24, 2.45) is 0 Å². The zero-order valence-electron chi connectivity index (χ0n) is 63.1. The Kier molecular flexibility index (Phi) is 15.5. The highest BCUT2D eigenvalue weighted by Gasteiger charge is 2.47. The summed E-state index contributed by atoms with van der Waals surface area (Å²) in [6.07, 6.45) is 0. The molecule has 0 radical (unpaired) electrons. The summed E-state index contributed by atoms with van der Waals surface area (Å²) in [7, 11) is 0. The topological polar surface area (TPSA) is 11.4 Å². The first-order valence-electron chi connectivity index (χ1n) is 37.4. The number of aromatic nitrogens is 1. The van der Waals surface area contributed by atoms with Crippen LogP contribution >= 0.6 is 0 Å². The van der Waals surface area contributed by atoms with E-state index in [1.165, 1.54) is 143 Å². The monoisotopic (exact) mass is 1350 g/mol. The lowest BCUT2D eigenvalue weighted by Gasteiger charge is -2.47. The molecule has 0 N–H and O–H groups in total. The molecule has 2 aliphatic rings. The van der Waals surface area contributed by atoms with Gasteiger partial charge in [-0.15, -0.1) is 0 Å². The summed E-state index contributed by atoms with van der Waals surface area (Å²) in [4.78, 5) is 5.50. The quantitative estimate of drug-likeness (QED) is 0.111. The second-order valence-electron chi connectivity index (χ2n) is 34.6. The fourth-order valence-electron chi connectivity index (χ4n) is 16.7. The van der Waals surface area contributed by atoms with E-state index < -0.39 is 0 Å². The first kappa shape index (κ1) is 66.3. The van der Waals surface area contributed by atoms with Gasteiger partial charge in [0.1, 0.15) is 0 Å². The molecule has 17 rings (SSSR count). The van der Waals surface area contributed by atoms with Crippen LogP contribution < -0.4 is 26.2 Å². The van der Waals surface area contributed by atoms with E-state index in [1.54, 1.807) is 0 Å². The number of fused-ring (bicyclic) bond motifs is 9. The molecule has 0 fully saturated rings. The second kappa shape index (κ2) is 24.4. The number of benzene rings is 14. The number of anilines is 6. The van der Waals surface area contributed by atoms with E-state index >= 15 is 0 Å². The van der Waals surface area contributed by atoms with Crippen molar-refractivity contribution in [2.75, 3.05) is 9.80 Å². The van der Waals surface area contributed by atoms with Gasteiger partial charge >= 0.3 is 0 Å². The van der Waals surface area contributed by atoms with E-state index in [9.17, 15) is 0 Å². The van der Waals surface area contributed by atoms with E-state index in [0.717, 1.165) is 39.6 Å². The average molecular weight is 1350 g/mol. The van der Waals surface area contributed by atoms with Crippen LogP contribution in [0, 0.1) is 0 Å². The number of hydrogen-bond acceptors (Lipinski definition) is 2. The summed E-state index contributed by atoms with van der Waals surface area (Å²) in [6.45, 7) is 35.2. The Morgan fingerprint density at radius 1 is 0.250 bits per heavy atom. The molecular formula is C100H92BN3. The highest BCUT2D eigenvalue weighted by molar-refractivity contribution is 7.00. The van der Waals surface area contributed by atoms with Crippen molar-refractivity contribution >= 4 is 101 Å². The maximum absolute atomic E-state index is 2.75. The number of nitrogens with zero attached hydrogens (tertiary/aromatic N) is 3. The van der Waals surface area contributed by atoms with Gasteiger partial charge in [0.05, 0.1) is 22.4 Å². The number of hydrogen-bond donors (Lipinski definition) is 0. The van der Waals surface area contributed by atoms with E-state index in [2.05, 4.69) is 403 Å². The SMILES string of the molecule is CC(C)(C)c1cc(-c2ccccc2)c(N2c3cc(-c4c5ccccc5cc5ccccc45)ccc3B3c4ccc(-n5c6ccc(C(C)(C)C)cc6c6cc(C(C)(C)C)ccc65)cc4N(c4c(-c5ccccc5)cc(C(C)(C)C)cc4-c4ccccc4)c4cc(C(C)(C)C)cc2c43)c(-c2ccccc2)c1. The fourth-order valence-corrected chi connectivity index (χ4v) is 16.7. The molecular weight excluding hydrogens is 1250 g/mol. The van der Waals surface area contributed by atoms with Crippen molar-refractivity contribution in [3.8, 4) is 61.3 Å². The van der Waals surface area contributed by atoms with Gasteiger partial charge in [0.25, 0.3) is 6.71 Å². The van der Waals surface area contributed by atoms with Crippen LogP contribution in [0.4, 0.5) is 34.1 Å². The summed E-state index contributed by atoms with van der Waals surface area (Å²) >= 11 is 0. The van der Waals surface area contributed by atoms with Gasteiger partial charge in [-0.05, 0) is 211 Å². The van der Waals surface area contributed by atoms with Gasteiger partial charge < -0.3 is 14.4 Å². The Hall–Kier alpha value is -10.9. The van der Waals surface area contributed by atoms with Crippen molar-refractivity contribution in [1.82, 2.24) is 4.57 Å². The molecule has 0 aliphatic carbocycles. The van der Waals surface area contributed by atoms with Gasteiger partial charge in [-0.25, -0.2) is 0 Å². The van der Waals surface area contributed by atoms with Crippen LogP contribution in [0.25, 0.3) is 105 Å². The lowest BCUT2D eigenvalue weighted by molar-refractivity contribution is 0.590. The molecule has 14 aromatic carbocycles. The molecule has 1 aromatic heterocycles. The Labute approximate surface area is 616 Å². The summed E-state index contributed by atoms with van der Waals surface area (Å²) in [5.41, 5.74) is 31.6. The summed E-state index contributed by atoms with van der Waals surface area (Å²) < 4.78 is 2.57. The van der Waals surface area contributed by atoms with Crippen molar-refractivity contribution in [2.45, 2.75) is 131 Å². The molecule has 0 spiro atoms. The third-order valence-electron chi connectivity index (χ3n) is 22.5. The van der Waals surface area contributed by atoms with Gasteiger partial charge in [0.2, 0.25) is 0 Å². The molecule has 0 unspecified atom stereocenters. The van der Waals surface area contributed by atoms with Crippen LogP contribution in [0.5, 0.6) is 0 Å². The Balaban J connectivity index is 1.07. The molecule has 104 heavy (non-hydrogen) atoms. The minimum atomic E-state index is -0.327. The van der Waals surface area contributed by atoms with Gasteiger partial charge in [0, 0.05) is 61.5 Å². The molecule has 0 atom stereocenters. The molecule has 15 aromatic rings. The first-order chi connectivity index (χ1) is 49.8. The lowest BCUT2D eigenvalue weighted by atomic mass is 9.33. The average Bonchev–Trinajstić information content (AvgIpc) is 0.802. The molecule has 0 amide bonds. The third kappa shape index (κ3) is 11.2. The van der Waals surface area contributed by atoms with E-state index in [-0.39, 0.29) is 33.8 Å². The molecule has 0 saturated carbocycles. The van der Waals surface area contributed by atoms with Gasteiger partial charge in [-0.1, -0.05) is 304 Å². The molecule has 3 heterocycles. The highest BCUT2D eigenvalue weighted by atomic mass is 15.2. The first-order valence-corrected chi connectivity index (χ1v) is 37.4. The van der Waals surface area contributed by atoms with Crippen LogP contribution in [0.2, 0.25) is 0 Å². The lowest BCUT2D eigenvalue weighted by Crippen LogP contribution is -2.61. The maximum Gasteiger partial charge on any atom is 0.252 e. The smallest absolute Gasteiger partial charge is 0.252 e. The zero-order chi connectivity index (χ0) is 72.1. The molecule has 0 saturated heterocycles. The molecule has 510 valence electrons. The normalized spacial score (nSPS) is 13.3. The minimum absolute atomic E-state index is 0.0540.